The highest BCUT2D eigenvalue weighted by Gasteiger charge is 2.24. The molecular weight excluding hydrogens is 270 g/mol. The van der Waals surface area contributed by atoms with Crippen molar-refractivity contribution in [3.63, 3.8) is 0 Å². The van der Waals surface area contributed by atoms with Crippen LogP contribution in [0.15, 0.2) is 0 Å². The molecule has 0 radical (unpaired) electrons. The van der Waals surface area contributed by atoms with Crippen LogP contribution in [0.4, 0.5) is 13.6 Å². The normalized spacial score (nSPS) is 13.1. The summed E-state index contributed by atoms with van der Waals surface area (Å²) >= 11 is 0. The van der Waals surface area contributed by atoms with Crippen molar-refractivity contribution >= 4 is 12.0 Å². The molecule has 0 rings (SSSR count). The maximum absolute atomic E-state index is 11.9. The predicted octanol–water partition coefficient (Wildman–Crippen LogP) is 2.47. The van der Waals surface area contributed by atoms with Gasteiger partial charge in [0.25, 0.3) is 6.43 Å². The van der Waals surface area contributed by atoms with Crippen molar-refractivity contribution in [3.05, 3.63) is 0 Å². The molecule has 3 N–H and O–H groups in total. The smallest absolute Gasteiger partial charge is 0.314 e. The topological polar surface area (TPSA) is 78.4 Å². The molecule has 0 bridgehead atoms. The lowest BCUT2D eigenvalue weighted by atomic mass is 9.76. The molecule has 0 aromatic carbocycles. The Morgan fingerprint density at radius 3 is 2.20 bits per heavy atom. The minimum absolute atomic E-state index is 0.0728. The fraction of sp³-hybridized carbons (Fsp3) is 0.846. The van der Waals surface area contributed by atoms with E-state index in [-0.39, 0.29) is 17.8 Å². The summed E-state index contributed by atoms with van der Waals surface area (Å²) < 4.78 is 23.8. The van der Waals surface area contributed by atoms with Crippen LogP contribution < -0.4 is 10.6 Å². The van der Waals surface area contributed by atoms with Crippen LogP contribution in [0.25, 0.3) is 0 Å². The van der Waals surface area contributed by atoms with Crippen LogP contribution in [-0.4, -0.2) is 36.6 Å². The molecular formula is C13H24F2N2O3. The fourth-order valence-corrected chi connectivity index (χ4v) is 1.90. The molecule has 1 atom stereocenters. The fourth-order valence-electron chi connectivity index (χ4n) is 1.90. The highest BCUT2D eigenvalue weighted by molar-refractivity contribution is 5.73. The summed E-state index contributed by atoms with van der Waals surface area (Å²) in [5.41, 5.74) is -0.0728. The number of carboxylic acids is 1. The van der Waals surface area contributed by atoms with Crippen LogP contribution in [0, 0.1) is 11.3 Å². The first-order chi connectivity index (χ1) is 9.12. The first kappa shape index (κ1) is 18.6. The van der Waals surface area contributed by atoms with Crippen LogP contribution in [-0.2, 0) is 4.79 Å². The highest BCUT2D eigenvalue weighted by Crippen LogP contribution is 2.32. The molecule has 0 fully saturated rings. The number of urea groups is 1. The molecule has 0 aliphatic carbocycles. The van der Waals surface area contributed by atoms with Crippen molar-refractivity contribution in [2.75, 3.05) is 13.1 Å². The second kappa shape index (κ2) is 8.71. The molecule has 0 aromatic heterocycles. The van der Waals surface area contributed by atoms with E-state index >= 15 is 0 Å². The summed E-state index contributed by atoms with van der Waals surface area (Å²) in [5.74, 6) is -0.712. The van der Waals surface area contributed by atoms with Gasteiger partial charge >= 0.3 is 12.0 Å². The number of aliphatic carboxylic acids is 1. The van der Waals surface area contributed by atoms with Gasteiger partial charge in [0.1, 0.15) is 0 Å². The van der Waals surface area contributed by atoms with Gasteiger partial charge in [-0.1, -0.05) is 20.8 Å². The molecule has 7 heteroatoms. The number of carbonyl (C=O) groups excluding carboxylic acids is 1. The number of carboxylic acid groups (broad SMARTS) is 1. The van der Waals surface area contributed by atoms with Gasteiger partial charge in [0.2, 0.25) is 0 Å². The molecule has 0 aliphatic heterocycles. The van der Waals surface area contributed by atoms with Gasteiger partial charge in [-0.3, -0.25) is 4.79 Å². The zero-order chi connectivity index (χ0) is 15.8. The number of carbonyl (C=O) groups is 2. The van der Waals surface area contributed by atoms with Gasteiger partial charge in [-0.15, -0.1) is 0 Å². The van der Waals surface area contributed by atoms with E-state index in [1.165, 1.54) is 0 Å². The molecule has 20 heavy (non-hydrogen) atoms. The van der Waals surface area contributed by atoms with E-state index in [4.69, 9.17) is 5.11 Å². The first-order valence-electron chi connectivity index (χ1n) is 6.64. The number of hydrogen-bond acceptors (Lipinski definition) is 2. The van der Waals surface area contributed by atoms with E-state index in [9.17, 15) is 18.4 Å². The molecule has 0 aliphatic rings. The molecule has 2 amide bonds. The Hall–Kier alpha value is -1.40. The summed E-state index contributed by atoms with van der Waals surface area (Å²) in [5, 5.41) is 13.3. The van der Waals surface area contributed by atoms with Gasteiger partial charge in [0.15, 0.2) is 0 Å². The van der Waals surface area contributed by atoms with Crippen LogP contribution in [0.3, 0.4) is 0 Å². The molecule has 0 heterocycles. The molecule has 5 nitrogen and oxygen atoms in total. The number of nitrogens with one attached hydrogen (secondary N) is 2. The summed E-state index contributed by atoms with van der Waals surface area (Å²) in [6, 6.07) is -0.629. The second-order valence-corrected chi connectivity index (χ2v) is 5.81. The third-order valence-electron chi connectivity index (χ3n) is 3.13. The van der Waals surface area contributed by atoms with Crippen LogP contribution in [0.1, 0.15) is 40.0 Å². The van der Waals surface area contributed by atoms with E-state index in [0.717, 1.165) is 0 Å². The Morgan fingerprint density at radius 1 is 1.15 bits per heavy atom. The van der Waals surface area contributed by atoms with Gasteiger partial charge in [-0.25, -0.2) is 13.6 Å². The molecule has 0 spiro atoms. The maximum Gasteiger partial charge on any atom is 0.314 e. The lowest BCUT2D eigenvalue weighted by Crippen LogP contribution is -2.39. The molecule has 118 valence electrons. The van der Waals surface area contributed by atoms with E-state index in [2.05, 4.69) is 10.6 Å². The quantitative estimate of drug-likeness (QED) is 0.643. The maximum atomic E-state index is 11.9. The first-order valence-corrected chi connectivity index (χ1v) is 6.64. The Balaban J connectivity index is 4.07. The SMILES string of the molecule is CC(C)(C)C(CCNC(=O)NCC(F)F)CCC(=O)O. The largest absolute Gasteiger partial charge is 0.481 e. The van der Waals surface area contributed by atoms with Crippen molar-refractivity contribution in [1.29, 1.82) is 0 Å². The highest BCUT2D eigenvalue weighted by atomic mass is 19.3. The second-order valence-electron chi connectivity index (χ2n) is 5.81. The minimum atomic E-state index is -2.57. The molecule has 0 saturated heterocycles. The van der Waals surface area contributed by atoms with Crippen LogP contribution in [0.5, 0.6) is 0 Å². The zero-order valence-corrected chi connectivity index (χ0v) is 12.2. The average Bonchev–Trinajstić information content (AvgIpc) is 2.28. The number of amides is 2. The van der Waals surface area contributed by atoms with Crippen molar-refractivity contribution in [2.24, 2.45) is 11.3 Å². The summed E-state index contributed by atoms with van der Waals surface area (Å²) in [7, 11) is 0. The Labute approximate surface area is 118 Å². The predicted molar refractivity (Wildman–Crippen MR) is 71.8 cm³/mol. The van der Waals surface area contributed by atoms with E-state index < -0.39 is 25.0 Å². The standard InChI is InChI=1S/C13H24F2N2O3/c1-13(2,3)9(4-5-11(18)19)6-7-16-12(20)17-8-10(14)15/h9-10H,4-8H2,1-3H3,(H,18,19)(H2,16,17,20). The Morgan fingerprint density at radius 2 is 1.75 bits per heavy atom. The Kier molecular flexibility index (Phi) is 8.10. The number of hydrogen-bond donors (Lipinski definition) is 3. The average molecular weight is 294 g/mol. The van der Waals surface area contributed by atoms with Gasteiger partial charge in [-0.2, -0.15) is 0 Å². The molecule has 1 unspecified atom stereocenters. The van der Waals surface area contributed by atoms with Gasteiger partial charge in [0.05, 0.1) is 6.54 Å². The summed E-state index contributed by atoms with van der Waals surface area (Å²) in [6.45, 7) is 5.69. The zero-order valence-electron chi connectivity index (χ0n) is 12.2. The third-order valence-corrected chi connectivity index (χ3v) is 3.13. The van der Waals surface area contributed by atoms with Crippen LogP contribution >= 0.6 is 0 Å². The van der Waals surface area contributed by atoms with Gasteiger partial charge in [0, 0.05) is 13.0 Å². The summed E-state index contributed by atoms with van der Waals surface area (Å²) in [6.07, 6.45) is -1.35. The van der Waals surface area contributed by atoms with Gasteiger partial charge in [-0.05, 0) is 24.2 Å². The lowest BCUT2D eigenvalue weighted by Gasteiger charge is -2.30. The van der Waals surface area contributed by atoms with Crippen LogP contribution in [0.2, 0.25) is 0 Å². The lowest BCUT2D eigenvalue weighted by molar-refractivity contribution is -0.137. The van der Waals surface area contributed by atoms with Crippen molar-refractivity contribution < 1.29 is 23.5 Å². The van der Waals surface area contributed by atoms with E-state index in [0.29, 0.717) is 19.4 Å². The Bertz CT molecular complexity index is 317. The number of halogens is 2. The number of alkyl halides is 2. The molecule has 0 aromatic rings. The third kappa shape index (κ3) is 9.52. The number of rotatable bonds is 8. The van der Waals surface area contributed by atoms with Crippen molar-refractivity contribution in [3.8, 4) is 0 Å². The van der Waals surface area contributed by atoms with E-state index in [1.54, 1.807) is 0 Å². The van der Waals surface area contributed by atoms with Crippen molar-refractivity contribution in [2.45, 2.75) is 46.5 Å². The van der Waals surface area contributed by atoms with Crippen molar-refractivity contribution in [1.82, 2.24) is 10.6 Å². The summed E-state index contributed by atoms with van der Waals surface area (Å²) in [4.78, 5) is 21.8. The monoisotopic (exact) mass is 294 g/mol. The van der Waals surface area contributed by atoms with E-state index in [1.807, 2.05) is 20.8 Å². The molecule has 0 saturated carbocycles. The minimum Gasteiger partial charge on any atom is -0.481 e. The van der Waals surface area contributed by atoms with Gasteiger partial charge < -0.3 is 15.7 Å².